The smallest absolute Gasteiger partial charge is 0.192 e. The average molecular weight is 391 g/mol. The van der Waals surface area contributed by atoms with Crippen LogP contribution in [-0.4, -0.2) is 43.0 Å². The van der Waals surface area contributed by atoms with Crippen molar-refractivity contribution < 1.29 is 19.4 Å². The van der Waals surface area contributed by atoms with E-state index in [1.165, 1.54) is 6.21 Å². The van der Waals surface area contributed by atoms with Crippen molar-refractivity contribution in [2.24, 2.45) is 10.4 Å². The zero-order valence-corrected chi connectivity index (χ0v) is 17.0. The molecule has 1 aromatic rings. The standard InChI is InChI=1S/C20H26N2O4S/c1-20(2)10-15(23)14(16(24)11-20)12-22-19(27)21-8-7-13-5-6-17(25-3)18(9-13)26-4/h5-6,9,12,23H,7-8,10-11H2,1-4H3,(H,21,27)/b22-12+. The highest BCUT2D eigenvalue weighted by molar-refractivity contribution is 7.80. The Morgan fingerprint density at radius 2 is 2.00 bits per heavy atom. The molecule has 1 aromatic carbocycles. The maximum atomic E-state index is 12.1. The van der Waals surface area contributed by atoms with E-state index in [4.69, 9.17) is 21.7 Å². The van der Waals surface area contributed by atoms with Crippen LogP contribution in [-0.2, 0) is 11.2 Å². The summed E-state index contributed by atoms with van der Waals surface area (Å²) in [6.07, 6.45) is 2.92. The fourth-order valence-electron chi connectivity index (χ4n) is 2.97. The van der Waals surface area contributed by atoms with E-state index in [0.717, 1.165) is 12.0 Å². The molecule has 0 saturated carbocycles. The Labute approximate surface area is 165 Å². The highest BCUT2D eigenvalue weighted by atomic mass is 32.1. The number of aliphatic hydroxyl groups is 1. The van der Waals surface area contributed by atoms with Gasteiger partial charge in [-0.1, -0.05) is 19.9 Å². The second-order valence-corrected chi connectivity index (χ2v) is 7.62. The van der Waals surface area contributed by atoms with Crippen LogP contribution in [0.15, 0.2) is 34.5 Å². The van der Waals surface area contributed by atoms with Crippen molar-refractivity contribution in [1.82, 2.24) is 5.32 Å². The molecule has 2 rings (SSSR count). The van der Waals surface area contributed by atoms with Crippen molar-refractivity contribution in [2.75, 3.05) is 20.8 Å². The Balaban J connectivity index is 1.90. The number of hydrogen-bond acceptors (Lipinski definition) is 5. The fraction of sp³-hybridized carbons (Fsp3) is 0.450. The summed E-state index contributed by atoms with van der Waals surface area (Å²) < 4.78 is 10.5. The lowest BCUT2D eigenvalue weighted by atomic mass is 9.77. The number of carbonyl (C=O) groups is 1. The molecular formula is C20H26N2O4S. The molecule has 2 N–H and O–H groups in total. The number of hydrogen-bond donors (Lipinski definition) is 2. The molecule has 0 bridgehead atoms. The lowest BCUT2D eigenvalue weighted by molar-refractivity contribution is -0.117. The van der Waals surface area contributed by atoms with Gasteiger partial charge in [-0.2, -0.15) is 0 Å². The molecule has 0 aliphatic heterocycles. The molecule has 7 heteroatoms. The Kier molecular flexibility index (Phi) is 6.96. The average Bonchev–Trinajstić information content (AvgIpc) is 2.59. The number of aliphatic imine (C=N–C) groups is 1. The van der Waals surface area contributed by atoms with Gasteiger partial charge in [0.2, 0.25) is 0 Å². The number of nitrogens with one attached hydrogen (secondary N) is 1. The fourth-order valence-corrected chi connectivity index (χ4v) is 3.12. The predicted octanol–water partition coefficient (Wildman–Crippen LogP) is 3.39. The van der Waals surface area contributed by atoms with E-state index >= 15 is 0 Å². The Morgan fingerprint density at radius 3 is 2.63 bits per heavy atom. The first-order chi connectivity index (χ1) is 12.8. The van der Waals surface area contributed by atoms with Crippen molar-refractivity contribution >= 4 is 29.3 Å². The maximum absolute atomic E-state index is 12.1. The molecule has 0 spiro atoms. The van der Waals surface area contributed by atoms with Crippen LogP contribution >= 0.6 is 12.2 Å². The molecule has 0 fully saturated rings. The quantitative estimate of drug-likeness (QED) is 0.572. The number of allylic oxidation sites excluding steroid dienone is 2. The Hall–Kier alpha value is -2.41. The monoisotopic (exact) mass is 390 g/mol. The second kappa shape index (κ2) is 8.99. The minimum atomic E-state index is -0.226. The zero-order valence-electron chi connectivity index (χ0n) is 16.2. The topological polar surface area (TPSA) is 80.1 Å². The Morgan fingerprint density at radius 1 is 1.30 bits per heavy atom. The van der Waals surface area contributed by atoms with Crippen molar-refractivity contribution in [3.8, 4) is 11.5 Å². The van der Waals surface area contributed by atoms with Gasteiger partial charge >= 0.3 is 0 Å². The molecule has 6 nitrogen and oxygen atoms in total. The van der Waals surface area contributed by atoms with Gasteiger partial charge < -0.3 is 19.9 Å². The third kappa shape index (κ3) is 5.79. The molecule has 0 aromatic heterocycles. The molecular weight excluding hydrogens is 364 g/mol. The van der Waals surface area contributed by atoms with E-state index in [0.29, 0.717) is 30.9 Å². The van der Waals surface area contributed by atoms with E-state index in [-0.39, 0.29) is 27.6 Å². The number of Topliss-reactive ketones (excluding diaryl/α,β-unsaturated/α-hetero) is 1. The zero-order chi connectivity index (χ0) is 20.0. The minimum absolute atomic E-state index is 0.0770. The van der Waals surface area contributed by atoms with Gasteiger partial charge in [0, 0.05) is 25.6 Å². The van der Waals surface area contributed by atoms with Crippen molar-refractivity contribution in [3.63, 3.8) is 0 Å². The molecule has 0 amide bonds. The van der Waals surface area contributed by atoms with Gasteiger partial charge in [-0.3, -0.25) is 4.79 Å². The van der Waals surface area contributed by atoms with Crippen LogP contribution in [0.4, 0.5) is 0 Å². The van der Waals surface area contributed by atoms with Crippen LogP contribution in [0.3, 0.4) is 0 Å². The third-order valence-corrected chi connectivity index (χ3v) is 4.59. The minimum Gasteiger partial charge on any atom is -0.511 e. The number of ether oxygens (including phenoxy) is 2. The van der Waals surface area contributed by atoms with Crippen molar-refractivity contribution in [2.45, 2.75) is 33.1 Å². The molecule has 146 valence electrons. The van der Waals surface area contributed by atoms with E-state index in [9.17, 15) is 9.90 Å². The molecule has 0 saturated heterocycles. The summed E-state index contributed by atoms with van der Waals surface area (Å²) in [6, 6.07) is 5.73. The van der Waals surface area contributed by atoms with E-state index in [2.05, 4.69) is 10.3 Å². The number of ketones is 1. The molecule has 1 aliphatic rings. The number of benzene rings is 1. The summed E-state index contributed by atoms with van der Waals surface area (Å²) in [7, 11) is 3.20. The summed E-state index contributed by atoms with van der Waals surface area (Å²) in [5, 5.41) is 13.4. The van der Waals surface area contributed by atoms with E-state index in [1.807, 2.05) is 32.0 Å². The first kappa shape index (κ1) is 20.9. The lowest BCUT2D eigenvalue weighted by Crippen LogP contribution is -2.27. The van der Waals surface area contributed by atoms with Gasteiger partial charge in [0.15, 0.2) is 22.4 Å². The molecule has 0 atom stereocenters. The first-order valence-electron chi connectivity index (χ1n) is 8.74. The highest BCUT2D eigenvalue weighted by Crippen LogP contribution is 2.35. The molecule has 0 heterocycles. The van der Waals surface area contributed by atoms with E-state index in [1.54, 1.807) is 14.2 Å². The maximum Gasteiger partial charge on any atom is 0.192 e. The summed E-state index contributed by atoms with van der Waals surface area (Å²) in [5.41, 5.74) is 1.09. The number of methoxy groups -OCH3 is 2. The number of rotatable bonds is 6. The SMILES string of the molecule is COc1ccc(CCNC(=S)/N=C/C2=C(O)CC(C)(C)CC2=O)cc1OC. The van der Waals surface area contributed by atoms with Crippen molar-refractivity contribution in [3.05, 3.63) is 35.1 Å². The summed E-state index contributed by atoms with van der Waals surface area (Å²) in [6.45, 7) is 4.49. The summed E-state index contributed by atoms with van der Waals surface area (Å²) in [4.78, 5) is 16.3. The van der Waals surface area contributed by atoms with Crippen LogP contribution in [0, 0.1) is 5.41 Å². The van der Waals surface area contributed by atoms with E-state index < -0.39 is 0 Å². The lowest BCUT2D eigenvalue weighted by Gasteiger charge is -2.28. The third-order valence-electron chi connectivity index (χ3n) is 4.35. The van der Waals surface area contributed by atoms with Gasteiger partial charge in [0.25, 0.3) is 0 Å². The van der Waals surface area contributed by atoms with Gasteiger partial charge in [0.1, 0.15) is 5.76 Å². The van der Waals surface area contributed by atoms with Crippen LogP contribution in [0.5, 0.6) is 11.5 Å². The van der Waals surface area contributed by atoms with Crippen LogP contribution < -0.4 is 14.8 Å². The van der Waals surface area contributed by atoms with Crippen LogP contribution in [0.1, 0.15) is 32.3 Å². The van der Waals surface area contributed by atoms with Crippen LogP contribution in [0.2, 0.25) is 0 Å². The van der Waals surface area contributed by atoms with Crippen molar-refractivity contribution in [1.29, 1.82) is 0 Å². The number of aliphatic hydroxyl groups excluding tert-OH is 1. The van der Waals surface area contributed by atoms with Crippen LogP contribution in [0.25, 0.3) is 0 Å². The van der Waals surface area contributed by atoms with Gasteiger partial charge in [-0.15, -0.1) is 0 Å². The summed E-state index contributed by atoms with van der Waals surface area (Å²) in [5.74, 6) is 1.33. The molecule has 1 aliphatic carbocycles. The summed E-state index contributed by atoms with van der Waals surface area (Å²) >= 11 is 5.18. The number of thiocarbonyl (C=S) groups is 1. The number of carbonyl (C=O) groups excluding carboxylic acids is 1. The normalized spacial score (nSPS) is 16.5. The Bertz CT molecular complexity index is 784. The van der Waals surface area contributed by atoms with Gasteiger partial charge in [-0.25, -0.2) is 4.99 Å². The van der Waals surface area contributed by atoms with Gasteiger partial charge in [0.05, 0.1) is 19.8 Å². The first-order valence-corrected chi connectivity index (χ1v) is 9.14. The molecule has 27 heavy (non-hydrogen) atoms. The molecule has 0 radical (unpaired) electrons. The molecule has 0 unspecified atom stereocenters. The largest absolute Gasteiger partial charge is 0.511 e. The number of nitrogens with zero attached hydrogens (tertiary/aromatic N) is 1. The highest BCUT2D eigenvalue weighted by Gasteiger charge is 2.32. The second-order valence-electron chi connectivity index (χ2n) is 7.23. The predicted molar refractivity (Wildman–Crippen MR) is 110 cm³/mol. The van der Waals surface area contributed by atoms with Gasteiger partial charge in [-0.05, 0) is 41.7 Å².